The molecule has 0 spiro atoms. The molecule has 5 saturated heterocycles. The molecule has 7 heterocycles. The van der Waals surface area contributed by atoms with Gasteiger partial charge in [0.1, 0.15) is 109 Å². The number of aliphatic hydroxyl groups is 1. The van der Waals surface area contributed by atoms with Crippen molar-refractivity contribution in [3.05, 3.63) is 378 Å². The minimum atomic E-state index is -2.07. The second-order valence-electron chi connectivity index (χ2n) is 34.7. The van der Waals surface area contributed by atoms with Crippen LogP contribution in [0.2, 0.25) is 20.1 Å². The van der Waals surface area contributed by atoms with Crippen LogP contribution in [0.25, 0.3) is 0 Å². The zero-order valence-electron chi connectivity index (χ0n) is 76.1. The highest BCUT2D eigenvalue weighted by Gasteiger charge is 2.64. The molecule has 7 aliphatic rings. The van der Waals surface area contributed by atoms with E-state index in [1.807, 2.05) is 194 Å². The quantitative estimate of drug-likeness (QED) is 0.0275. The SMILES string of the molecule is COc1ccc(O[C@@H]2O[C@H](COCc3ccccc3)[C@@H](O[C@@H]3O[C@H](COCc4ccccc4)[C@@H](O[C@@H]4O[C@@H]5CO[C@@H](c6ccccc6)O[C@H]5[C@H](O[C@H]5O[C@H](COCc6ccccc6)[C@@H](OCc6ccccc6)[C@H](OCc6ccccc6)[C@@H]5OC(=O)CCC(C)=O)[C@@H]4O)[C@H](OCc4ccccc4)[C@H]3N3C(=O)c4cc(Cl)c(Cl)cc4C3=O)[C@H](OCc3ccccc3)[C@H]2N2C(=O)c3cc(Cl)c(Cl)cc3C2=O)cc1. The number of aliphatic hydroxyl groups excluding tert-OH is 1. The highest BCUT2D eigenvalue weighted by molar-refractivity contribution is 6.44. The zero-order chi connectivity index (χ0) is 96.7. The lowest BCUT2D eigenvalue weighted by molar-refractivity contribution is -0.409. The Hall–Kier alpha value is -11.1. The van der Waals surface area contributed by atoms with Gasteiger partial charge in [0.25, 0.3) is 23.6 Å². The van der Waals surface area contributed by atoms with Crippen molar-refractivity contribution in [3.8, 4) is 11.5 Å². The number of hydrogen-bond acceptors (Lipinski definition) is 26. The van der Waals surface area contributed by atoms with E-state index in [9.17, 15) is 14.7 Å². The summed E-state index contributed by atoms with van der Waals surface area (Å²) in [5.41, 5.74) is 4.90. The summed E-state index contributed by atoms with van der Waals surface area (Å²) in [7, 11) is 1.50. The Morgan fingerprint density at radius 2 is 0.707 bits per heavy atom. The molecule has 0 aromatic heterocycles. The smallest absolute Gasteiger partial charge is 0.306 e. The lowest BCUT2D eigenvalue weighted by Crippen LogP contribution is -2.72. The van der Waals surface area contributed by atoms with E-state index in [-0.39, 0.29) is 133 Å². The van der Waals surface area contributed by atoms with Crippen LogP contribution >= 0.6 is 46.4 Å². The fraction of sp³-hybridized carbons (Fsp3) is 0.333. The number of ketones is 1. The molecule has 0 unspecified atom stereocenters. The Balaban J connectivity index is 0.791. The number of carbonyl (C=O) groups excluding carboxylic acids is 6. The molecule has 18 rings (SSSR count). The summed E-state index contributed by atoms with van der Waals surface area (Å²) in [6.07, 6.45) is -30.7. The van der Waals surface area contributed by atoms with E-state index in [2.05, 4.69) is 0 Å². The number of benzene rings is 11. The van der Waals surface area contributed by atoms with Crippen LogP contribution in [0.15, 0.2) is 291 Å². The molecular formula is C108H102Cl4N2O26. The number of halogens is 4. The maximum absolute atomic E-state index is 16.4. The standard InChI is InChI=1S/C108H102Cl4N2O26/c1-64(115)43-48-87(116)136-99-98(129-59-71-39-23-9-24-40-71)91(126-56-68-33-17-6-18-34-68)83(60-123-53-65-27-11-3-12-28-65)135-108(99)140-97-90(117)107(134-86-63-130-104(137-94(86)97)72-41-25-10-26-42-72)139-93-85(62-125-55-67-31-15-5-16-32-67)133-106(89(96(93)128-58-70-37-21-8-22-38-70)114-102(120)77-51-81(111)82(112)52-78(77)103(114)121)138-92-84(61-124-54-66-29-13-4-14-30-66)132-105(131-74-46-44-73(122-2)45-47-74)88(95(92)127-57-69-35-19-7-20-36-69)113-100(118)75-49-79(109)80(110)50-76(75)101(113)119/h3-42,44-47,49-52,83-86,88-99,104-108,117H,43,48,53-63H2,1-2H3/t83-,84-,85-,86-,88-,89-,90+,91-,92-,93-,94-,95-,96-,97-,98+,99+,104-,105-,106+,107+,108-/m1/s1. The number of carbonyl (C=O) groups is 6. The van der Waals surface area contributed by atoms with Gasteiger partial charge in [0.15, 0.2) is 31.3 Å². The van der Waals surface area contributed by atoms with Crippen LogP contribution in [0.1, 0.15) is 112 Å². The van der Waals surface area contributed by atoms with Gasteiger partial charge in [-0.1, -0.05) is 289 Å². The first kappa shape index (κ1) is 99.1. The molecule has 11 aromatic carbocycles. The molecule has 0 bridgehead atoms. The molecule has 0 radical (unpaired) electrons. The van der Waals surface area contributed by atoms with Crippen molar-refractivity contribution in [2.24, 2.45) is 0 Å². The number of rotatable bonds is 40. The summed E-state index contributed by atoms with van der Waals surface area (Å²) in [5.74, 6) is -4.12. The molecule has 32 heteroatoms. The Kier molecular flexibility index (Phi) is 33.1. The number of amides is 4. The Morgan fingerprint density at radius 1 is 0.364 bits per heavy atom. The first-order valence-electron chi connectivity index (χ1n) is 46.1. The van der Waals surface area contributed by atoms with Gasteiger partial charge in [0.05, 0.1) is 129 Å². The molecule has 7 aliphatic heterocycles. The minimum Gasteiger partial charge on any atom is -0.497 e. The predicted molar refractivity (Wildman–Crippen MR) is 509 cm³/mol. The summed E-state index contributed by atoms with van der Waals surface area (Å²) in [6.45, 7) is -0.611. The molecule has 0 aliphatic carbocycles. The third kappa shape index (κ3) is 23.5. The van der Waals surface area contributed by atoms with Crippen molar-refractivity contribution in [1.82, 2.24) is 9.80 Å². The summed E-state index contributed by atoms with van der Waals surface area (Å²) in [6, 6.07) is 81.8. The van der Waals surface area contributed by atoms with Crippen molar-refractivity contribution >= 4 is 81.8 Å². The van der Waals surface area contributed by atoms with E-state index in [1.165, 1.54) is 38.3 Å². The van der Waals surface area contributed by atoms with E-state index >= 15 is 19.2 Å². The fourth-order valence-corrected chi connectivity index (χ4v) is 18.9. The average Bonchev–Trinajstić information content (AvgIpc) is 1.54. The number of nitrogens with zero attached hydrogens (tertiary/aromatic N) is 2. The van der Waals surface area contributed by atoms with Gasteiger partial charge < -0.3 is 99.9 Å². The molecule has 21 atom stereocenters. The first-order chi connectivity index (χ1) is 68.3. The van der Waals surface area contributed by atoms with Crippen LogP contribution < -0.4 is 9.47 Å². The van der Waals surface area contributed by atoms with Gasteiger partial charge in [-0.05, 0) is 94.4 Å². The molecule has 4 amide bonds. The molecule has 28 nitrogen and oxygen atoms in total. The average molecular weight is 1990 g/mol. The maximum atomic E-state index is 16.4. The highest BCUT2D eigenvalue weighted by Crippen LogP contribution is 2.47. The summed E-state index contributed by atoms with van der Waals surface area (Å²) in [4.78, 5) is 94.1. The Labute approximate surface area is 828 Å². The molecule has 11 aromatic rings. The number of hydrogen-bond donors (Lipinski definition) is 1. The van der Waals surface area contributed by atoms with E-state index in [0.717, 1.165) is 32.1 Å². The normalized spacial score (nSPS) is 26.6. The topological polar surface area (TPSA) is 304 Å². The van der Waals surface area contributed by atoms with Gasteiger partial charge in [0.2, 0.25) is 6.29 Å². The number of fused-ring (bicyclic) bond motifs is 3. The Bertz CT molecular complexity index is 5930. The van der Waals surface area contributed by atoms with Gasteiger partial charge in [-0.3, -0.25) is 33.8 Å². The number of Topliss-reactive ketones (excluding diaryl/α,β-unsaturated/α-hetero) is 1. The predicted octanol–water partition coefficient (Wildman–Crippen LogP) is 16.8. The van der Waals surface area contributed by atoms with Gasteiger partial charge in [0, 0.05) is 12.0 Å². The number of esters is 1. The van der Waals surface area contributed by atoms with Crippen LogP contribution in [0.5, 0.6) is 11.5 Å². The zero-order valence-corrected chi connectivity index (χ0v) is 79.1. The van der Waals surface area contributed by atoms with Gasteiger partial charge in [-0.25, -0.2) is 0 Å². The number of imide groups is 2. The third-order valence-electron chi connectivity index (χ3n) is 25.2. The number of ether oxygens (including phenoxy) is 19. The number of methoxy groups -OCH3 is 1. The van der Waals surface area contributed by atoms with Crippen LogP contribution in [0.4, 0.5) is 0 Å². The molecule has 5 fully saturated rings. The second kappa shape index (κ2) is 46.8. The highest BCUT2D eigenvalue weighted by atomic mass is 35.5. The van der Waals surface area contributed by atoms with Crippen LogP contribution in [0.3, 0.4) is 0 Å². The largest absolute Gasteiger partial charge is 0.497 e. The van der Waals surface area contributed by atoms with E-state index < -0.39 is 165 Å². The maximum Gasteiger partial charge on any atom is 0.306 e. The molecule has 0 saturated carbocycles. The van der Waals surface area contributed by atoms with Crippen molar-refractivity contribution in [2.45, 2.75) is 195 Å². The van der Waals surface area contributed by atoms with Gasteiger partial charge in [-0.2, -0.15) is 0 Å². The van der Waals surface area contributed by atoms with Crippen molar-refractivity contribution in [1.29, 1.82) is 0 Å². The summed E-state index contributed by atoms with van der Waals surface area (Å²) < 4.78 is 134. The van der Waals surface area contributed by atoms with Crippen LogP contribution in [-0.2, 0) is 136 Å². The molecule has 728 valence electrons. The Morgan fingerprint density at radius 3 is 1.11 bits per heavy atom. The van der Waals surface area contributed by atoms with Crippen molar-refractivity contribution in [3.63, 3.8) is 0 Å². The lowest BCUT2D eigenvalue weighted by Gasteiger charge is -2.54. The van der Waals surface area contributed by atoms with E-state index in [1.54, 1.807) is 72.8 Å². The molecule has 1 N–H and O–H groups in total. The van der Waals surface area contributed by atoms with Gasteiger partial charge in [-0.15, -0.1) is 0 Å². The summed E-state index contributed by atoms with van der Waals surface area (Å²) in [5, 5.41) is 14.0. The minimum absolute atomic E-state index is 0.00179. The molecule has 140 heavy (non-hydrogen) atoms. The second-order valence-corrected chi connectivity index (χ2v) is 36.3. The van der Waals surface area contributed by atoms with Crippen LogP contribution in [0, 0.1) is 0 Å². The van der Waals surface area contributed by atoms with E-state index in [0.29, 0.717) is 28.0 Å². The summed E-state index contributed by atoms with van der Waals surface area (Å²) >= 11 is 27.2. The van der Waals surface area contributed by atoms with E-state index in [4.69, 9.17) is 136 Å². The van der Waals surface area contributed by atoms with Crippen molar-refractivity contribution in [2.75, 3.05) is 33.5 Å². The first-order valence-corrected chi connectivity index (χ1v) is 47.6. The lowest BCUT2D eigenvalue weighted by atomic mass is 9.92. The third-order valence-corrected chi connectivity index (χ3v) is 26.6. The fourth-order valence-electron chi connectivity index (χ4n) is 18.2. The van der Waals surface area contributed by atoms with Crippen molar-refractivity contribution < 1.29 is 124 Å². The monoisotopic (exact) mass is 1980 g/mol. The van der Waals surface area contributed by atoms with Gasteiger partial charge >= 0.3 is 5.97 Å². The van der Waals surface area contributed by atoms with Crippen LogP contribution in [-0.4, -0.2) is 207 Å². The molecular weight excluding hydrogens is 1880 g/mol.